The van der Waals surface area contributed by atoms with Crippen LogP contribution in [0.25, 0.3) is 0 Å². The Morgan fingerprint density at radius 1 is 0.968 bits per heavy atom. The molecule has 0 radical (unpaired) electrons. The van der Waals surface area contributed by atoms with Gasteiger partial charge in [0.25, 0.3) is 0 Å². The average Bonchev–Trinajstić information content (AvgIpc) is 2.65. The molecule has 0 heterocycles. The second-order valence-corrected chi connectivity index (χ2v) is 8.30. The monoisotopic (exact) mass is 552 g/mol. The van der Waals surface area contributed by atoms with Gasteiger partial charge in [-0.05, 0) is 34.6 Å². The van der Waals surface area contributed by atoms with E-state index in [4.69, 9.17) is 18.9 Å². The summed E-state index contributed by atoms with van der Waals surface area (Å²) in [5, 5.41) is 9.29. The number of carbonyl (C=O) groups is 1. The van der Waals surface area contributed by atoms with Crippen molar-refractivity contribution in [2.45, 2.75) is 52.3 Å². The van der Waals surface area contributed by atoms with Crippen molar-refractivity contribution in [2.75, 3.05) is 34.9 Å². The number of ether oxygens (including phenoxy) is 4. The maximum atomic E-state index is 12.0. The Labute approximate surface area is 202 Å². The Kier molecular flexibility index (Phi) is 11.8. The van der Waals surface area contributed by atoms with E-state index >= 15 is 0 Å². The number of nitrogens with one attached hydrogen (secondary N) is 3. The van der Waals surface area contributed by atoms with E-state index in [-0.39, 0.29) is 24.0 Å². The molecule has 0 unspecified atom stereocenters. The number of hydrogen-bond donors (Lipinski definition) is 3. The number of guanidine groups is 1. The van der Waals surface area contributed by atoms with E-state index in [0.29, 0.717) is 36.3 Å². The third-order valence-electron chi connectivity index (χ3n) is 4.01. The fraction of sp³-hybridized carbons (Fsp3) is 0.619. The highest BCUT2D eigenvalue weighted by Gasteiger charge is 2.25. The Balaban J connectivity index is 0.00000900. The minimum Gasteiger partial charge on any atom is -0.496 e. The molecule has 0 saturated carbocycles. The quantitative estimate of drug-likeness (QED) is 0.259. The lowest BCUT2D eigenvalue weighted by molar-refractivity contribution is 0.0474. The van der Waals surface area contributed by atoms with E-state index < -0.39 is 17.2 Å². The van der Waals surface area contributed by atoms with Crippen molar-refractivity contribution >= 4 is 36.0 Å². The third kappa shape index (κ3) is 10.2. The largest absolute Gasteiger partial charge is 0.496 e. The molecule has 10 heteroatoms. The number of halogens is 1. The number of aliphatic imine (C=N–C) groups is 1. The second-order valence-electron chi connectivity index (χ2n) is 8.30. The molecule has 1 rings (SSSR count). The molecule has 31 heavy (non-hydrogen) atoms. The first-order chi connectivity index (χ1) is 13.9. The average molecular weight is 552 g/mol. The molecule has 1 aromatic rings. The van der Waals surface area contributed by atoms with E-state index in [9.17, 15) is 4.79 Å². The van der Waals surface area contributed by atoms with Crippen LogP contribution in [0, 0.1) is 0 Å². The van der Waals surface area contributed by atoms with Crippen molar-refractivity contribution in [3.63, 3.8) is 0 Å². The molecule has 0 saturated heterocycles. The van der Waals surface area contributed by atoms with E-state index in [1.807, 2.05) is 34.6 Å². The van der Waals surface area contributed by atoms with Gasteiger partial charge in [-0.3, -0.25) is 4.99 Å². The molecular formula is C21H37IN4O5. The summed E-state index contributed by atoms with van der Waals surface area (Å²) < 4.78 is 21.5. The standard InChI is InChI=1S/C21H36N4O5.HI/c1-20(2,3)30-19(26)25-21(4,5)13-24-18(22-6)23-12-15-16(28-8)10-14(27-7)11-17(15)29-9;/h10-11H,12-13H2,1-9H3,(H,25,26)(H2,22,23,24);1H. The highest BCUT2D eigenvalue weighted by atomic mass is 127. The maximum absolute atomic E-state index is 12.0. The van der Waals surface area contributed by atoms with Crippen LogP contribution in [-0.2, 0) is 11.3 Å². The van der Waals surface area contributed by atoms with Gasteiger partial charge < -0.3 is 34.9 Å². The minimum absolute atomic E-state index is 0. The van der Waals surface area contributed by atoms with Crippen molar-refractivity contribution in [2.24, 2.45) is 4.99 Å². The summed E-state index contributed by atoms with van der Waals surface area (Å²) in [6.45, 7) is 10.1. The molecule has 178 valence electrons. The van der Waals surface area contributed by atoms with Crippen LogP contribution in [0.2, 0.25) is 0 Å². The van der Waals surface area contributed by atoms with Gasteiger partial charge in [0.2, 0.25) is 0 Å². The molecule has 3 N–H and O–H groups in total. The van der Waals surface area contributed by atoms with Crippen molar-refractivity contribution in [1.29, 1.82) is 0 Å². The molecule has 0 aliphatic rings. The molecule has 0 bridgehead atoms. The summed E-state index contributed by atoms with van der Waals surface area (Å²) in [6.07, 6.45) is -0.468. The van der Waals surface area contributed by atoms with E-state index in [2.05, 4.69) is 20.9 Å². The molecule has 0 aliphatic carbocycles. The van der Waals surface area contributed by atoms with Crippen LogP contribution in [0.4, 0.5) is 4.79 Å². The Morgan fingerprint density at radius 2 is 1.52 bits per heavy atom. The zero-order chi connectivity index (χ0) is 22.9. The Bertz CT molecular complexity index is 723. The molecule has 1 amide bonds. The fourth-order valence-electron chi connectivity index (χ4n) is 2.57. The first-order valence-electron chi connectivity index (χ1n) is 9.69. The topological polar surface area (TPSA) is 102 Å². The fourth-order valence-corrected chi connectivity index (χ4v) is 2.57. The normalized spacial score (nSPS) is 11.7. The van der Waals surface area contributed by atoms with Crippen molar-refractivity contribution in [1.82, 2.24) is 16.0 Å². The number of benzene rings is 1. The van der Waals surface area contributed by atoms with Crippen LogP contribution in [0.15, 0.2) is 17.1 Å². The van der Waals surface area contributed by atoms with Crippen LogP contribution in [0.5, 0.6) is 17.2 Å². The number of carbonyl (C=O) groups excluding carboxylic acids is 1. The van der Waals surface area contributed by atoms with Crippen molar-refractivity contribution in [3.8, 4) is 17.2 Å². The third-order valence-corrected chi connectivity index (χ3v) is 4.01. The van der Waals surface area contributed by atoms with Gasteiger partial charge in [-0.2, -0.15) is 0 Å². The van der Waals surface area contributed by atoms with E-state index in [1.54, 1.807) is 40.5 Å². The number of methoxy groups -OCH3 is 3. The minimum atomic E-state index is -0.560. The zero-order valence-corrected chi connectivity index (χ0v) is 22.3. The maximum Gasteiger partial charge on any atom is 0.408 e. The summed E-state index contributed by atoms with van der Waals surface area (Å²) in [5.41, 5.74) is -0.285. The summed E-state index contributed by atoms with van der Waals surface area (Å²) in [6, 6.07) is 3.59. The molecule has 0 spiro atoms. The van der Waals surface area contributed by atoms with Gasteiger partial charge in [-0.25, -0.2) is 4.79 Å². The predicted molar refractivity (Wildman–Crippen MR) is 133 cm³/mol. The number of rotatable bonds is 8. The van der Waals surface area contributed by atoms with Gasteiger partial charge in [0.05, 0.1) is 39.0 Å². The SMILES string of the molecule is CN=C(NCc1c(OC)cc(OC)cc1OC)NCC(C)(C)NC(=O)OC(C)(C)C.I. The summed E-state index contributed by atoms with van der Waals surface area (Å²) >= 11 is 0. The van der Waals surface area contributed by atoms with Crippen LogP contribution >= 0.6 is 24.0 Å². The van der Waals surface area contributed by atoms with Crippen molar-refractivity contribution < 1.29 is 23.7 Å². The molecule has 0 aliphatic heterocycles. The van der Waals surface area contributed by atoms with Gasteiger partial charge in [-0.1, -0.05) is 0 Å². The highest BCUT2D eigenvalue weighted by molar-refractivity contribution is 14.0. The number of amides is 1. The van der Waals surface area contributed by atoms with Gasteiger partial charge in [0.15, 0.2) is 5.96 Å². The predicted octanol–water partition coefficient (Wildman–Crippen LogP) is 3.30. The van der Waals surface area contributed by atoms with E-state index in [0.717, 1.165) is 5.56 Å². The lowest BCUT2D eigenvalue weighted by Gasteiger charge is -2.29. The Morgan fingerprint density at radius 3 is 1.94 bits per heavy atom. The summed E-state index contributed by atoms with van der Waals surface area (Å²) in [4.78, 5) is 16.3. The molecule has 0 aromatic heterocycles. The zero-order valence-electron chi connectivity index (χ0n) is 20.0. The van der Waals surface area contributed by atoms with Gasteiger partial charge in [0, 0.05) is 25.7 Å². The summed E-state index contributed by atoms with van der Waals surface area (Å²) in [7, 11) is 6.45. The first-order valence-corrected chi connectivity index (χ1v) is 9.69. The van der Waals surface area contributed by atoms with Gasteiger partial charge >= 0.3 is 6.09 Å². The van der Waals surface area contributed by atoms with E-state index in [1.165, 1.54) is 0 Å². The second kappa shape index (κ2) is 12.7. The highest BCUT2D eigenvalue weighted by Crippen LogP contribution is 2.33. The molecule has 0 fully saturated rings. The molecule has 0 atom stereocenters. The van der Waals surface area contributed by atoms with Crippen LogP contribution < -0.4 is 30.2 Å². The summed E-state index contributed by atoms with van der Waals surface area (Å²) in [5.74, 6) is 2.49. The molecular weight excluding hydrogens is 515 g/mol. The first kappa shape index (κ1) is 28.9. The smallest absolute Gasteiger partial charge is 0.408 e. The van der Waals surface area contributed by atoms with Crippen LogP contribution in [0.3, 0.4) is 0 Å². The Hall–Kier alpha value is -2.11. The number of nitrogens with zero attached hydrogens (tertiary/aromatic N) is 1. The molecule has 9 nitrogen and oxygen atoms in total. The van der Waals surface area contributed by atoms with Gasteiger partial charge in [0.1, 0.15) is 22.8 Å². The lowest BCUT2D eigenvalue weighted by atomic mass is 10.1. The van der Waals surface area contributed by atoms with Crippen LogP contribution in [0.1, 0.15) is 40.2 Å². The van der Waals surface area contributed by atoms with Gasteiger partial charge in [-0.15, -0.1) is 24.0 Å². The number of alkyl carbamates (subject to hydrolysis) is 1. The lowest BCUT2D eigenvalue weighted by Crippen LogP contribution is -2.54. The van der Waals surface area contributed by atoms with Crippen LogP contribution in [-0.4, -0.2) is 58.1 Å². The molecule has 1 aromatic carbocycles. The number of hydrogen-bond acceptors (Lipinski definition) is 6. The van der Waals surface area contributed by atoms with Crippen molar-refractivity contribution in [3.05, 3.63) is 17.7 Å².